The number of carbonyl (C=O) groups is 3. The summed E-state index contributed by atoms with van der Waals surface area (Å²) in [5, 5.41) is 20.5. The molecule has 506 valence electrons. The van der Waals surface area contributed by atoms with Crippen molar-refractivity contribution in [2.45, 2.75) is 245 Å². The monoisotopic (exact) mass is 1290 g/mol. The summed E-state index contributed by atoms with van der Waals surface area (Å²) in [7, 11) is -9.80. The Morgan fingerprint density at radius 3 is 1.01 bits per heavy atom. The van der Waals surface area contributed by atoms with Crippen molar-refractivity contribution in [3.05, 3.63) is 146 Å². The minimum absolute atomic E-state index is 0.0419. The number of hydrogen-bond donors (Lipinski definition) is 4. The van der Waals surface area contributed by atoms with Crippen molar-refractivity contribution in [3.63, 3.8) is 0 Å². The zero-order chi connectivity index (χ0) is 65.3. The lowest BCUT2D eigenvalue weighted by Gasteiger charge is -2.21. The maximum atomic E-state index is 12.9. The van der Waals surface area contributed by atoms with Gasteiger partial charge in [0.05, 0.1) is 26.4 Å². The summed E-state index contributed by atoms with van der Waals surface area (Å²) in [5.74, 6) is -1.71. The Morgan fingerprint density at radius 2 is 0.618 bits per heavy atom. The first-order chi connectivity index (χ1) is 43.2. The smallest absolute Gasteiger partial charge is 0.463 e. The summed E-state index contributed by atoms with van der Waals surface area (Å²) in [5.41, 5.74) is 0. The standard InChI is InChI=1S/C71H116O16P2/c1-4-7-10-13-16-19-22-24-26-28-30-31-32-33-35-37-38-40-43-45-48-51-54-57-69(74)81-60-66(72)61-83-88(77,78)84-62-67(73)63-85-89(79,80)86-65-68(87-71(76)59-56-53-50-47-42-21-18-15-12-9-6-3)64-82-70(75)58-55-52-49-46-44-41-39-36-34-29-27-25-23-20-17-14-11-8-5-2/h7-8,10-11,16-17,19-20,24-27,30-31,33-36,38,40-41,44,49,52,66-68,72-73H,4-6,9,12-15,18,21-23,28-29,32,37,39,42-43,45-48,50-51,53-65H2,1-3H3,(H,77,78)(H,79,80)/b10-7-,11-8-,19-16-,20-17-,26-24-,27-25-,31-30-,35-33-,36-34-,40-38-,44-41-,52-49-. The molecule has 16 nitrogen and oxygen atoms in total. The fourth-order valence-electron chi connectivity index (χ4n) is 8.07. The van der Waals surface area contributed by atoms with Crippen LogP contribution in [0.4, 0.5) is 0 Å². The van der Waals surface area contributed by atoms with Gasteiger partial charge in [-0.1, -0.05) is 244 Å². The molecule has 5 unspecified atom stereocenters. The summed E-state index contributed by atoms with van der Waals surface area (Å²) < 4.78 is 60.6. The lowest BCUT2D eigenvalue weighted by atomic mass is 10.1. The Kier molecular flexibility index (Phi) is 60.3. The van der Waals surface area contributed by atoms with Crippen LogP contribution in [-0.2, 0) is 55.8 Å². The molecule has 0 bridgehead atoms. The summed E-state index contributed by atoms with van der Waals surface area (Å²) in [6, 6.07) is 0. The van der Waals surface area contributed by atoms with Gasteiger partial charge in [-0.15, -0.1) is 0 Å². The Balaban J connectivity index is 4.67. The second-order valence-electron chi connectivity index (χ2n) is 21.5. The first-order valence-electron chi connectivity index (χ1n) is 33.1. The lowest BCUT2D eigenvalue weighted by molar-refractivity contribution is -0.161. The molecule has 0 saturated heterocycles. The molecule has 0 aromatic carbocycles. The second-order valence-corrected chi connectivity index (χ2v) is 24.4. The molecule has 18 heteroatoms. The average molecular weight is 1290 g/mol. The van der Waals surface area contributed by atoms with E-state index in [-0.39, 0.29) is 19.3 Å². The maximum absolute atomic E-state index is 12.9. The number of allylic oxidation sites excluding steroid dienone is 24. The van der Waals surface area contributed by atoms with Crippen molar-refractivity contribution < 1.29 is 75.8 Å². The van der Waals surface area contributed by atoms with E-state index in [0.29, 0.717) is 25.7 Å². The van der Waals surface area contributed by atoms with Crippen LogP contribution in [0.3, 0.4) is 0 Å². The molecule has 0 spiro atoms. The molecule has 5 atom stereocenters. The molecule has 0 fully saturated rings. The molecule has 0 aromatic heterocycles. The van der Waals surface area contributed by atoms with Gasteiger partial charge in [0.1, 0.15) is 25.4 Å². The van der Waals surface area contributed by atoms with Crippen LogP contribution in [0.5, 0.6) is 0 Å². The van der Waals surface area contributed by atoms with E-state index in [1.165, 1.54) is 38.5 Å². The number of esters is 3. The zero-order valence-electron chi connectivity index (χ0n) is 54.5. The number of phosphoric ester groups is 2. The number of aliphatic hydroxyl groups is 2. The normalized spacial score (nSPS) is 15.2. The number of carbonyl (C=O) groups excluding carboxylic acids is 3. The Bertz CT molecular complexity index is 2210. The third-order valence-corrected chi connectivity index (χ3v) is 15.0. The minimum atomic E-state index is -4.94. The van der Waals surface area contributed by atoms with Gasteiger partial charge in [-0.25, -0.2) is 9.13 Å². The first-order valence-corrected chi connectivity index (χ1v) is 36.1. The van der Waals surface area contributed by atoms with Gasteiger partial charge in [-0.2, -0.15) is 0 Å². The third-order valence-electron chi connectivity index (χ3n) is 13.1. The highest BCUT2D eigenvalue weighted by Gasteiger charge is 2.29. The summed E-state index contributed by atoms with van der Waals surface area (Å²) in [4.78, 5) is 58.2. The number of rotatable bonds is 61. The molecular weight excluding hydrogens is 1170 g/mol. The molecule has 0 radical (unpaired) electrons. The molecule has 0 aromatic rings. The van der Waals surface area contributed by atoms with Crippen LogP contribution in [0.15, 0.2) is 146 Å². The Morgan fingerprint density at radius 1 is 0.326 bits per heavy atom. The van der Waals surface area contributed by atoms with E-state index in [9.17, 15) is 43.5 Å². The summed E-state index contributed by atoms with van der Waals surface area (Å²) >= 11 is 0. The Hall–Kier alpha value is -4.57. The van der Waals surface area contributed by atoms with Crippen molar-refractivity contribution in [2.24, 2.45) is 0 Å². The van der Waals surface area contributed by atoms with Crippen molar-refractivity contribution in [1.82, 2.24) is 0 Å². The van der Waals surface area contributed by atoms with E-state index >= 15 is 0 Å². The van der Waals surface area contributed by atoms with Crippen molar-refractivity contribution >= 4 is 33.6 Å². The molecule has 4 N–H and O–H groups in total. The predicted octanol–water partition coefficient (Wildman–Crippen LogP) is 18.2. The maximum Gasteiger partial charge on any atom is 0.472 e. The molecule has 0 saturated carbocycles. The van der Waals surface area contributed by atoms with E-state index in [4.69, 9.17) is 32.3 Å². The van der Waals surface area contributed by atoms with Gasteiger partial charge in [0, 0.05) is 19.3 Å². The molecule has 0 rings (SSSR count). The van der Waals surface area contributed by atoms with Gasteiger partial charge in [0.2, 0.25) is 0 Å². The van der Waals surface area contributed by atoms with Gasteiger partial charge >= 0.3 is 33.6 Å². The van der Waals surface area contributed by atoms with Gasteiger partial charge in [-0.05, 0) is 109 Å². The van der Waals surface area contributed by atoms with E-state index < -0.39 is 91.5 Å². The SMILES string of the molecule is CC/C=C\C/C=C\C/C=C\C/C=C\C/C=C\C/C=C\CCCCCCC(=O)OCC(O)COP(=O)(O)OCC(O)COP(=O)(O)OCC(COC(=O)CC/C=C\C/C=C\C/C=C\C/C=C\C/C=C\C/C=C\CC)OC(=O)CCCCCCCCCCCCC. The highest BCUT2D eigenvalue weighted by atomic mass is 31.2. The number of aliphatic hydroxyl groups excluding tert-OH is 2. The highest BCUT2D eigenvalue weighted by Crippen LogP contribution is 2.45. The van der Waals surface area contributed by atoms with E-state index in [2.05, 4.69) is 148 Å². The van der Waals surface area contributed by atoms with Gasteiger partial charge in [-0.3, -0.25) is 32.5 Å². The van der Waals surface area contributed by atoms with Crippen LogP contribution in [0.1, 0.15) is 226 Å². The van der Waals surface area contributed by atoms with E-state index in [1.807, 2.05) is 18.2 Å². The fourth-order valence-corrected chi connectivity index (χ4v) is 9.65. The van der Waals surface area contributed by atoms with Crippen LogP contribution < -0.4 is 0 Å². The fraction of sp³-hybridized carbons (Fsp3) is 0.620. The lowest BCUT2D eigenvalue weighted by Crippen LogP contribution is -2.30. The molecular formula is C71H116O16P2. The minimum Gasteiger partial charge on any atom is -0.463 e. The molecule has 0 aliphatic heterocycles. The van der Waals surface area contributed by atoms with Crippen molar-refractivity contribution in [3.8, 4) is 0 Å². The second kappa shape index (κ2) is 63.6. The summed E-state index contributed by atoms with van der Waals surface area (Å²) in [6.07, 6.45) is 75.0. The molecule has 89 heavy (non-hydrogen) atoms. The molecule has 0 heterocycles. The molecule has 0 aliphatic rings. The topological polar surface area (TPSA) is 231 Å². The highest BCUT2D eigenvalue weighted by molar-refractivity contribution is 7.47. The van der Waals surface area contributed by atoms with Crippen LogP contribution in [-0.4, -0.2) is 95.9 Å². The Labute approximate surface area is 537 Å². The largest absolute Gasteiger partial charge is 0.472 e. The van der Waals surface area contributed by atoms with Gasteiger partial charge in [0.15, 0.2) is 6.10 Å². The predicted molar refractivity (Wildman–Crippen MR) is 362 cm³/mol. The van der Waals surface area contributed by atoms with Crippen LogP contribution in [0, 0.1) is 0 Å². The first kappa shape index (κ1) is 84.4. The third kappa shape index (κ3) is 64.8. The van der Waals surface area contributed by atoms with Crippen LogP contribution >= 0.6 is 15.6 Å². The molecule has 0 amide bonds. The number of ether oxygens (including phenoxy) is 3. The van der Waals surface area contributed by atoms with E-state index in [1.54, 1.807) is 0 Å². The number of hydrogen-bond acceptors (Lipinski definition) is 14. The summed E-state index contributed by atoms with van der Waals surface area (Å²) in [6.45, 7) is 2.27. The number of unbranched alkanes of at least 4 members (excludes halogenated alkanes) is 14. The van der Waals surface area contributed by atoms with Crippen LogP contribution in [0.25, 0.3) is 0 Å². The van der Waals surface area contributed by atoms with Crippen LogP contribution in [0.2, 0.25) is 0 Å². The quantitative estimate of drug-likeness (QED) is 0.0146. The van der Waals surface area contributed by atoms with E-state index in [0.717, 1.165) is 122 Å². The average Bonchev–Trinajstić information content (AvgIpc) is 3.54. The molecule has 0 aliphatic carbocycles. The van der Waals surface area contributed by atoms with Crippen molar-refractivity contribution in [1.29, 1.82) is 0 Å². The van der Waals surface area contributed by atoms with Crippen molar-refractivity contribution in [2.75, 3.05) is 39.6 Å². The van der Waals surface area contributed by atoms with Gasteiger partial charge in [0.25, 0.3) is 0 Å². The number of phosphoric acid groups is 2. The zero-order valence-corrected chi connectivity index (χ0v) is 56.3. The van der Waals surface area contributed by atoms with Gasteiger partial charge < -0.3 is 34.2 Å².